The molecule has 1 heterocycles. The van der Waals surface area contributed by atoms with Gasteiger partial charge in [-0.25, -0.2) is 13.2 Å². The first-order valence-electron chi connectivity index (χ1n) is 7.23. The van der Waals surface area contributed by atoms with E-state index in [1.165, 1.54) is 20.3 Å². The first-order chi connectivity index (χ1) is 11.3. The van der Waals surface area contributed by atoms with Crippen LogP contribution in [0.25, 0.3) is 0 Å². The molecule has 24 heavy (non-hydrogen) atoms. The van der Waals surface area contributed by atoms with Crippen LogP contribution in [0.1, 0.15) is 16.8 Å². The Kier molecular flexibility index (Phi) is 5.66. The van der Waals surface area contributed by atoms with Gasteiger partial charge in [-0.3, -0.25) is 4.79 Å². The Bertz CT molecular complexity index is 729. The minimum atomic E-state index is -3.08. The highest BCUT2D eigenvalue weighted by Gasteiger charge is 2.29. The summed E-state index contributed by atoms with van der Waals surface area (Å²) in [6.07, 6.45) is 0.367. The average molecular weight is 357 g/mol. The third kappa shape index (κ3) is 4.60. The van der Waals surface area contributed by atoms with Gasteiger partial charge in [0.25, 0.3) is 5.91 Å². The molecule has 1 amide bonds. The maximum absolute atomic E-state index is 12.1. The van der Waals surface area contributed by atoms with Crippen molar-refractivity contribution in [1.82, 2.24) is 5.32 Å². The monoisotopic (exact) mass is 357 g/mol. The minimum Gasteiger partial charge on any atom is -0.497 e. The zero-order chi connectivity index (χ0) is 17.7. The van der Waals surface area contributed by atoms with Crippen LogP contribution in [0.4, 0.5) is 0 Å². The van der Waals surface area contributed by atoms with Gasteiger partial charge >= 0.3 is 5.97 Å². The van der Waals surface area contributed by atoms with Crippen LogP contribution in [0.15, 0.2) is 18.2 Å². The van der Waals surface area contributed by atoms with Crippen LogP contribution in [-0.2, 0) is 19.4 Å². The maximum Gasteiger partial charge on any atom is 0.342 e. The number of nitrogens with one attached hydrogen (secondary N) is 1. The number of methoxy groups -OCH3 is 2. The molecule has 1 N–H and O–H groups in total. The highest BCUT2D eigenvalue weighted by molar-refractivity contribution is 7.91. The molecule has 9 heteroatoms. The van der Waals surface area contributed by atoms with Crippen molar-refractivity contribution in [2.45, 2.75) is 12.5 Å². The van der Waals surface area contributed by atoms with Crippen molar-refractivity contribution in [2.24, 2.45) is 0 Å². The van der Waals surface area contributed by atoms with Crippen LogP contribution in [0, 0.1) is 0 Å². The van der Waals surface area contributed by atoms with Gasteiger partial charge in [-0.15, -0.1) is 0 Å². The van der Waals surface area contributed by atoms with Crippen LogP contribution in [0.2, 0.25) is 0 Å². The molecule has 0 aromatic heterocycles. The standard InChI is InChI=1S/C15H19NO7S/c1-21-11-3-4-13(22-2)12(7-11)15(18)23-8-14(17)16-10-5-6-24(19,20)9-10/h3-4,7,10H,5-6,8-9H2,1-2H3,(H,16,17)/t10-/m1/s1. The van der Waals surface area contributed by atoms with Crippen LogP contribution >= 0.6 is 0 Å². The highest BCUT2D eigenvalue weighted by Crippen LogP contribution is 2.24. The quantitative estimate of drug-likeness (QED) is 0.723. The molecule has 0 saturated carbocycles. The number of benzene rings is 1. The molecule has 0 aliphatic carbocycles. The van der Waals surface area contributed by atoms with Crippen LogP contribution in [-0.4, -0.2) is 58.7 Å². The molecular weight excluding hydrogens is 338 g/mol. The zero-order valence-corrected chi connectivity index (χ0v) is 14.2. The molecule has 1 aliphatic rings. The number of carbonyl (C=O) groups excluding carboxylic acids is 2. The predicted octanol–water partition coefficient (Wildman–Crippen LogP) is 0.164. The summed E-state index contributed by atoms with van der Waals surface area (Å²) in [5, 5.41) is 2.54. The van der Waals surface area contributed by atoms with Gasteiger partial charge in [0.2, 0.25) is 0 Å². The number of hydrogen-bond acceptors (Lipinski definition) is 7. The second-order valence-corrected chi connectivity index (χ2v) is 7.54. The van der Waals surface area contributed by atoms with Crippen molar-refractivity contribution in [2.75, 3.05) is 32.3 Å². The summed E-state index contributed by atoms with van der Waals surface area (Å²) in [6, 6.07) is 4.19. The summed E-state index contributed by atoms with van der Waals surface area (Å²) in [7, 11) is -0.218. The molecule has 1 saturated heterocycles. The molecule has 1 aliphatic heterocycles. The Morgan fingerprint density at radius 2 is 2.00 bits per heavy atom. The summed E-state index contributed by atoms with van der Waals surface area (Å²) in [6.45, 7) is -0.504. The van der Waals surface area contributed by atoms with Crippen molar-refractivity contribution in [3.63, 3.8) is 0 Å². The van der Waals surface area contributed by atoms with E-state index in [9.17, 15) is 18.0 Å². The van der Waals surface area contributed by atoms with Crippen molar-refractivity contribution >= 4 is 21.7 Å². The lowest BCUT2D eigenvalue weighted by Crippen LogP contribution is -2.38. The van der Waals surface area contributed by atoms with E-state index in [2.05, 4.69) is 5.32 Å². The van der Waals surface area contributed by atoms with E-state index in [-0.39, 0.29) is 17.1 Å². The molecule has 1 atom stereocenters. The van der Waals surface area contributed by atoms with Crippen molar-refractivity contribution in [1.29, 1.82) is 0 Å². The molecule has 1 aromatic carbocycles. The number of sulfone groups is 1. The zero-order valence-electron chi connectivity index (χ0n) is 13.4. The lowest BCUT2D eigenvalue weighted by atomic mass is 10.2. The highest BCUT2D eigenvalue weighted by atomic mass is 32.2. The molecule has 8 nitrogen and oxygen atoms in total. The molecule has 1 fully saturated rings. The van der Waals surface area contributed by atoms with Crippen molar-refractivity contribution in [3.8, 4) is 11.5 Å². The third-order valence-corrected chi connectivity index (χ3v) is 5.33. The van der Waals surface area contributed by atoms with Crippen LogP contribution in [0.3, 0.4) is 0 Å². The van der Waals surface area contributed by atoms with E-state index in [1.54, 1.807) is 12.1 Å². The fourth-order valence-corrected chi connectivity index (χ4v) is 4.03. The van der Waals surface area contributed by atoms with E-state index < -0.39 is 34.4 Å². The van der Waals surface area contributed by atoms with Gasteiger partial charge < -0.3 is 19.5 Å². The Balaban J connectivity index is 1.92. The number of rotatable bonds is 6. The van der Waals surface area contributed by atoms with E-state index in [4.69, 9.17) is 14.2 Å². The first kappa shape index (κ1) is 18.1. The van der Waals surface area contributed by atoms with E-state index in [1.807, 2.05) is 0 Å². The van der Waals surface area contributed by atoms with Crippen molar-refractivity contribution < 1.29 is 32.2 Å². The molecular formula is C15H19NO7S. The average Bonchev–Trinajstić information content (AvgIpc) is 2.90. The number of esters is 1. The second kappa shape index (κ2) is 7.52. The lowest BCUT2D eigenvalue weighted by Gasteiger charge is -2.12. The Labute approximate surface area is 140 Å². The number of carbonyl (C=O) groups is 2. The maximum atomic E-state index is 12.1. The fourth-order valence-electron chi connectivity index (χ4n) is 2.36. The molecule has 2 rings (SSSR count). The van der Waals surface area contributed by atoms with Crippen LogP contribution < -0.4 is 14.8 Å². The molecule has 132 valence electrons. The van der Waals surface area contributed by atoms with Gasteiger partial charge in [-0.05, 0) is 24.6 Å². The van der Waals surface area contributed by atoms with Gasteiger partial charge in [-0.1, -0.05) is 0 Å². The van der Waals surface area contributed by atoms with Crippen molar-refractivity contribution in [3.05, 3.63) is 23.8 Å². The van der Waals surface area contributed by atoms with Gasteiger partial charge in [0.05, 0.1) is 25.7 Å². The van der Waals surface area contributed by atoms with Gasteiger partial charge in [0, 0.05) is 6.04 Å². The summed E-state index contributed by atoms with van der Waals surface area (Å²) < 4.78 is 37.8. The molecule has 1 aromatic rings. The summed E-state index contributed by atoms with van der Waals surface area (Å²) >= 11 is 0. The van der Waals surface area contributed by atoms with E-state index in [0.717, 1.165) is 0 Å². The predicted molar refractivity (Wildman–Crippen MR) is 85.0 cm³/mol. The van der Waals surface area contributed by atoms with Crippen LogP contribution in [0.5, 0.6) is 11.5 Å². The number of amides is 1. The molecule has 0 unspecified atom stereocenters. The number of hydrogen-bond donors (Lipinski definition) is 1. The van der Waals surface area contributed by atoms with E-state index in [0.29, 0.717) is 17.9 Å². The summed E-state index contributed by atoms with van der Waals surface area (Å²) in [5.74, 6) is -0.575. The second-order valence-electron chi connectivity index (χ2n) is 5.31. The molecule has 0 spiro atoms. The Hall–Kier alpha value is -2.29. The largest absolute Gasteiger partial charge is 0.497 e. The smallest absolute Gasteiger partial charge is 0.342 e. The first-order valence-corrected chi connectivity index (χ1v) is 9.05. The van der Waals surface area contributed by atoms with Gasteiger partial charge in [0.15, 0.2) is 16.4 Å². The number of ether oxygens (including phenoxy) is 3. The fraction of sp³-hybridized carbons (Fsp3) is 0.467. The lowest BCUT2D eigenvalue weighted by molar-refractivity contribution is -0.124. The van der Waals surface area contributed by atoms with E-state index >= 15 is 0 Å². The normalized spacial score (nSPS) is 18.7. The summed E-state index contributed by atoms with van der Waals surface area (Å²) in [5.41, 5.74) is 0.132. The SMILES string of the molecule is COc1ccc(OC)c(C(=O)OCC(=O)N[C@@H]2CCS(=O)(=O)C2)c1. The van der Waals surface area contributed by atoms with Gasteiger partial charge in [-0.2, -0.15) is 0 Å². The topological polar surface area (TPSA) is 108 Å². The van der Waals surface area contributed by atoms with Gasteiger partial charge in [0.1, 0.15) is 17.1 Å². The summed E-state index contributed by atoms with van der Waals surface area (Å²) in [4.78, 5) is 23.9. The Morgan fingerprint density at radius 3 is 2.58 bits per heavy atom. The molecule has 0 bridgehead atoms. The Morgan fingerprint density at radius 1 is 1.25 bits per heavy atom. The molecule has 0 radical (unpaired) electrons. The third-order valence-electron chi connectivity index (χ3n) is 3.56. The minimum absolute atomic E-state index is 0.0543.